The van der Waals surface area contributed by atoms with Crippen LogP contribution in [-0.2, 0) is 6.54 Å². The third-order valence-electron chi connectivity index (χ3n) is 5.35. The largest absolute Gasteiger partial charge is 0.344 e. The maximum Gasteiger partial charge on any atom is 0.256 e. The maximum absolute atomic E-state index is 13.3. The summed E-state index contributed by atoms with van der Waals surface area (Å²) in [7, 11) is 2.01. The molecule has 0 aliphatic carbocycles. The summed E-state index contributed by atoms with van der Waals surface area (Å²) in [6.45, 7) is 6.13. The number of nitrogens with zero attached hydrogens (tertiary/aromatic N) is 4. The van der Waals surface area contributed by atoms with E-state index in [1.54, 1.807) is 11.3 Å². The Bertz CT molecular complexity index is 964. The second-order valence-corrected chi connectivity index (χ2v) is 8.40. The van der Waals surface area contributed by atoms with E-state index in [0.717, 1.165) is 60.4 Å². The lowest BCUT2D eigenvalue weighted by molar-refractivity contribution is 0.0628. The summed E-state index contributed by atoms with van der Waals surface area (Å²) in [5, 5.41) is 3.23. The van der Waals surface area contributed by atoms with Crippen LogP contribution in [0.1, 0.15) is 21.1 Å². The first-order valence-corrected chi connectivity index (χ1v) is 10.8. The monoisotopic (exact) mass is 406 g/mol. The first kappa shape index (κ1) is 19.6. The first-order chi connectivity index (χ1) is 14.1. The van der Waals surface area contributed by atoms with Crippen molar-refractivity contribution in [2.45, 2.75) is 13.5 Å². The molecule has 1 saturated heterocycles. The number of aryl methyl sites for hydroxylation is 1. The Labute approximate surface area is 176 Å². The van der Waals surface area contributed by atoms with Crippen molar-refractivity contribution in [2.24, 2.45) is 0 Å². The lowest BCUT2D eigenvalue weighted by atomic mass is 10.1. The highest BCUT2D eigenvalue weighted by atomic mass is 32.1. The summed E-state index contributed by atoms with van der Waals surface area (Å²) < 4.78 is 0. The molecule has 6 heteroatoms. The van der Waals surface area contributed by atoms with Gasteiger partial charge < -0.3 is 9.80 Å². The first-order valence-electron chi connectivity index (χ1n) is 9.92. The predicted octanol–water partition coefficient (Wildman–Crippen LogP) is 4.18. The van der Waals surface area contributed by atoms with Crippen LogP contribution < -0.4 is 4.90 Å². The molecular formula is C23H26N4OS. The molecule has 0 unspecified atom stereocenters. The molecule has 29 heavy (non-hydrogen) atoms. The molecule has 2 heterocycles. The van der Waals surface area contributed by atoms with Crippen molar-refractivity contribution in [2.75, 3.05) is 38.1 Å². The lowest BCUT2D eigenvalue weighted by Crippen LogP contribution is -2.48. The number of piperazine rings is 1. The highest BCUT2D eigenvalue weighted by Gasteiger charge is 2.25. The quantitative estimate of drug-likeness (QED) is 0.637. The minimum absolute atomic E-state index is 0.104. The van der Waals surface area contributed by atoms with Gasteiger partial charge in [0, 0.05) is 50.8 Å². The van der Waals surface area contributed by atoms with Gasteiger partial charge in [-0.1, -0.05) is 30.3 Å². The van der Waals surface area contributed by atoms with E-state index in [0.29, 0.717) is 0 Å². The van der Waals surface area contributed by atoms with Gasteiger partial charge in [-0.3, -0.25) is 9.69 Å². The molecule has 3 aromatic rings. The number of rotatable bonds is 5. The zero-order valence-corrected chi connectivity index (χ0v) is 17.7. The van der Waals surface area contributed by atoms with Gasteiger partial charge in [0.25, 0.3) is 5.91 Å². The number of hydrogen-bond donors (Lipinski definition) is 0. The molecule has 0 radical (unpaired) electrons. The van der Waals surface area contributed by atoms with Crippen molar-refractivity contribution in [3.8, 4) is 0 Å². The van der Waals surface area contributed by atoms with E-state index in [2.05, 4.69) is 32.3 Å². The van der Waals surface area contributed by atoms with Crippen LogP contribution in [-0.4, -0.2) is 53.9 Å². The van der Waals surface area contributed by atoms with Gasteiger partial charge in [-0.2, -0.15) is 0 Å². The minimum Gasteiger partial charge on any atom is -0.344 e. The molecule has 1 fully saturated rings. The van der Waals surface area contributed by atoms with Crippen LogP contribution in [0.5, 0.6) is 0 Å². The third kappa shape index (κ3) is 4.49. The Morgan fingerprint density at radius 1 is 1.03 bits per heavy atom. The van der Waals surface area contributed by atoms with Gasteiger partial charge >= 0.3 is 0 Å². The molecular weight excluding hydrogens is 380 g/mol. The van der Waals surface area contributed by atoms with Crippen LogP contribution in [0.2, 0.25) is 0 Å². The molecule has 0 spiro atoms. The average molecular weight is 407 g/mol. The number of amides is 1. The van der Waals surface area contributed by atoms with Crippen LogP contribution in [0.15, 0.2) is 60.0 Å². The van der Waals surface area contributed by atoms with Crippen molar-refractivity contribution in [3.63, 3.8) is 0 Å². The highest BCUT2D eigenvalue weighted by molar-refractivity contribution is 7.09. The molecule has 0 N–H and O–H groups in total. The van der Waals surface area contributed by atoms with Crippen LogP contribution >= 0.6 is 11.3 Å². The molecule has 1 aromatic heterocycles. The Hall–Kier alpha value is -2.70. The van der Waals surface area contributed by atoms with E-state index in [1.807, 2.05) is 61.3 Å². The Morgan fingerprint density at radius 2 is 1.72 bits per heavy atom. The molecule has 1 aliphatic rings. The van der Waals surface area contributed by atoms with E-state index < -0.39 is 0 Å². The SMILES string of the molecule is Cc1nc(CN2CCN(C(=O)c3ccccc3N(C)c3ccccc3)CC2)cs1. The molecule has 0 bridgehead atoms. The number of anilines is 2. The molecule has 2 aromatic carbocycles. The smallest absolute Gasteiger partial charge is 0.256 e. The summed E-state index contributed by atoms with van der Waals surface area (Å²) in [5.41, 5.74) is 3.88. The second kappa shape index (κ2) is 8.76. The summed E-state index contributed by atoms with van der Waals surface area (Å²) in [5.74, 6) is 0.104. The van der Waals surface area contributed by atoms with E-state index in [-0.39, 0.29) is 5.91 Å². The molecule has 0 saturated carbocycles. The van der Waals surface area contributed by atoms with E-state index >= 15 is 0 Å². The molecule has 150 valence electrons. The lowest BCUT2D eigenvalue weighted by Gasteiger charge is -2.35. The van der Waals surface area contributed by atoms with Crippen LogP contribution in [0, 0.1) is 6.92 Å². The van der Waals surface area contributed by atoms with E-state index in [4.69, 9.17) is 0 Å². The Morgan fingerprint density at radius 3 is 2.41 bits per heavy atom. The summed E-state index contributed by atoms with van der Waals surface area (Å²) >= 11 is 1.69. The predicted molar refractivity (Wildman–Crippen MR) is 119 cm³/mol. The van der Waals surface area contributed by atoms with Gasteiger partial charge in [-0.05, 0) is 31.2 Å². The van der Waals surface area contributed by atoms with Gasteiger partial charge in [-0.25, -0.2) is 4.98 Å². The van der Waals surface area contributed by atoms with Crippen molar-refractivity contribution in [3.05, 3.63) is 76.2 Å². The summed E-state index contributed by atoms with van der Waals surface area (Å²) in [6, 6.07) is 18.0. The molecule has 5 nitrogen and oxygen atoms in total. The van der Waals surface area contributed by atoms with Gasteiger partial charge in [-0.15, -0.1) is 11.3 Å². The van der Waals surface area contributed by atoms with E-state index in [9.17, 15) is 4.79 Å². The van der Waals surface area contributed by atoms with Gasteiger partial charge in [0.2, 0.25) is 0 Å². The minimum atomic E-state index is 0.104. The average Bonchev–Trinajstić information content (AvgIpc) is 3.18. The molecule has 4 rings (SSSR count). The standard InChI is InChI=1S/C23H26N4OS/c1-18-24-19(17-29-18)16-26-12-14-27(15-13-26)23(28)21-10-6-7-11-22(21)25(2)20-8-4-3-5-9-20/h3-11,17H,12-16H2,1-2H3. The number of carbonyl (C=O) groups excluding carboxylic acids is 1. The van der Waals surface area contributed by atoms with Crippen LogP contribution in [0.3, 0.4) is 0 Å². The maximum atomic E-state index is 13.3. The number of hydrogen-bond acceptors (Lipinski definition) is 5. The number of thiazole rings is 1. The van der Waals surface area contributed by atoms with Crippen molar-refractivity contribution in [1.29, 1.82) is 0 Å². The van der Waals surface area contributed by atoms with Crippen LogP contribution in [0.4, 0.5) is 11.4 Å². The Kier molecular flexibility index (Phi) is 5.92. The zero-order valence-electron chi connectivity index (χ0n) is 16.9. The zero-order chi connectivity index (χ0) is 20.2. The van der Waals surface area contributed by atoms with Crippen molar-refractivity contribution in [1.82, 2.24) is 14.8 Å². The fourth-order valence-electron chi connectivity index (χ4n) is 3.73. The van der Waals surface area contributed by atoms with Gasteiger partial charge in [0.15, 0.2) is 0 Å². The normalized spacial score (nSPS) is 14.8. The molecule has 1 aliphatic heterocycles. The van der Waals surface area contributed by atoms with E-state index in [1.165, 1.54) is 0 Å². The summed E-state index contributed by atoms with van der Waals surface area (Å²) in [6.07, 6.45) is 0. The fraction of sp³-hybridized carbons (Fsp3) is 0.304. The highest BCUT2D eigenvalue weighted by Crippen LogP contribution is 2.28. The van der Waals surface area contributed by atoms with Gasteiger partial charge in [0.05, 0.1) is 22.0 Å². The second-order valence-electron chi connectivity index (χ2n) is 7.34. The number of aromatic nitrogens is 1. The topological polar surface area (TPSA) is 39.7 Å². The fourth-order valence-corrected chi connectivity index (χ4v) is 4.33. The Balaban J connectivity index is 1.44. The number of benzene rings is 2. The molecule has 0 atom stereocenters. The third-order valence-corrected chi connectivity index (χ3v) is 6.17. The van der Waals surface area contributed by atoms with Gasteiger partial charge in [0.1, 0.15) is 0 Å². The number of para-hydroxylation sites is 2. The number of carbonyl (C=O) groups is 1. The molecule has 1 amide bonds. The van der Waals surface area contributed by atoms with Crippen molar-refractivity contribution < 1.29 is 4.79 Å². The van der Waals surface area contributed by atoms with Crippen LogP contribution in [0.25, 0.3) is 0 Å². The summed E-state index contributed by atoms with van der Waals surface area (Å²) in [4.78, 5) is 24.3. The van der Waals surface area contributed by atoms with Crippen molar-refractivity contribution >= 4 is 28.6 Å².